The van der Waals surface area contributed by atoms with Crippen molar-refractivity contribution in [3.8, 4) is 6.07 Å². The van der Waals surface area contributed by atoms with Gasteiger partial charge in [0.1, 0.15) is 0 Å². The minimum Gasteiger partial charge on any atom is -0.350 e. The van der Waals surface area contributed by atoms with Crippen LogP contribution in [0.3, 0.4) is 0 Å². The van der Waals surface area contributed by atoms with E-state index in [0.717, 1.165) is 5.69 Å². The molecule has 1 aromatic rings. The minimum atomic E-state index is 1.12. The van der Waals surface area contributed by atoms with Gasteiger partial charge in [-0.1, -0.05) is 18.2 Å². The first kappa shape index (κ1) is 9.34. The van der Waals surface area contributed by atoms with Gasteiger partial charge in [-0.3, -0.25) is 0 Å². The van der Waals surface area contributed by atoms with Crippen LogP contribution in [0.1, 0.15) is 5.56 Å². The number of allylic oxidation sites excluding steroid dienone is 1. The average Bonchev–Trinajstić information content (AvgIpc) is 2.15. The van der Waals surface area contributed by atoms with Crippen LogP contribution in [0, 0.1) is 18.3 Å². The summed E-state index contributed by atoms with van der Waals surface area (Å²) in [4.78, 5) is 1.93. The highest BCUT2D eigenvalue weighted by molar-refractivity contribution is 5.54. The number of aryl methyl sites for hydroxylation is 1. The molecular weight excluding hydrogens is 160 g/mol. The molecule has 1 rings (SSSR count). The second-order valence-electron chi connectivity index (χ2n) is 2.84. The lowest BCUT2D eigenvalue weighted by Gasteiger charge is -2.15. The molecule has 0 saturated heterocycles. The van der Waals surface area contributed by atoms with E-state index in [-0.39, 0.29) is 0 Å². The Hall–Kier alpha value is -1.75. The van der Waals surface area contributed by atoms with E-state index >= 15 is 0 Å². The van der Waals surface area contributed by atoms with Crippen molar-refractivity contribution >= 4 is 5.69 Å². The number of hydrogen-bond acceptors (Lipinski definition) is 2. The summed E-state index contributed by atoms with van der Waals surface area (Å²) in [6.07, 6.45) is 3.22. The molecule has 0 aromatic heterocycles. The van der Waals surface area contributed by atoms with Gasteiger partial charge >= 0.3 is 0 Å². The molecule has 0 aliphatic heterocycles. The number of nitriles is 1. The van der Waals surface area contributed by atoms with Crippen molar-refractivity contribution < 1.29 is 0 Å². The summed E-state index contributed by atoms with van der Waals surface area (Å²) >= 11 is 0. The molecule has 0 atom stereocenters. The number of anilines is 1. The Labute approximate surface area is 78.7 Å². The fourth-order valence-electron chi connectivity index (χ4n) is 1.18. The molecule has 0 amide bonds. The van der Waals surface area contributed by atoms with Crippen LogP contribution in [0.4, 0.5) is 5.69 Å². The number of para-hydroxylation sites is 1. The van der Waals surface area contributed by atoms with E-state index in [4.69, 9.17) is 5.26 Å². The largest absolute Gasteiger partial charge is 0.350 e. The van der Waals surface area contributed by atoms with E-state index in [2.05, 4.69) is 0 Å². The zero-order valence-corrected chi connectivity index (χ0v) is 7.86. The van der Waals surface area contributed by atoms with Crippen LogP contribution in [0.25, 0.3) is 0 Å². The summed E-state index contributed by atoms with van der Waals surface area (Å²) in [7, 11) is 1.93. The maximum atomic E-state index is 8.37. The van der Waals surface area contributed by atoms with Gasteiger partial charge in [-0.25, -0.2) is 0 Å². The maximum absolute atomic E-state index is 8.37. The van der Waals surface area contributed by atoms with Gasteiger partial charge in [-0.05, 0) is 18.6 Å². The Bertz CT molecular complexity index is 347. The van der Waals surface area contributed by atoms with Crippen molar-refractivity contribution in [2.45, 2.75) is 6.92 Å². The van der Waals surface area contributed by atoms with Gasteiger partial charge < -0.3 is 4.90 Å². The van der Waals surface area contributed by atoms with Crippen LogP contribution in [-0.2, 0) is 0 Å². The van der Waals surface area contributed by atoms with E-state index in [0.29, 0.717) is 0 Å². The summed E-state index contributed by atoms with van der Waals surface area (Å²) in [6.45, 7) is 2.05. The second-order valence-corrected chi connectivity index (χ2v) is 2.84. The molecule has 0 aliphatic rings. The topological polar surface area (TPSA) is 27.0 Å². The predicted molar refractivity (Wildman–Crippen MR) is 54.3 cm³/mol. The smallest absolute Gasteiger partial charge is 0.0927 e. The lowest BCUT2D eigenvalue weighted by Crippen LogP contribution is -2.08. The van der Waals surface area contributed by atoms with Crippen molar-refractivity contribution in [3.05, 3.63) is 42.1 Å². The van der Waals surface area contributed by atoms with Crippen LogP contribution in [-0.4, -0.2) is 7.05 Å². The summed E-state index contributed by atoms with van der Waals surface area (Å²) in [5, 5.41) is 8.37. The van der Waals surface area contributed by atoms with Crippen LogP contribution in [0.15, 0.2) is 36.5 Å². The SMILES string of the molecule is Cc1ccccc1N(C)/C=C/C#N. The number of benzene rings is 1. The molecule has 1 aromatic carbocycles. The minimum absolute atomic E-state index is 1.12. The number of rotatable bonds is 2. The second kappa shape index (κ2) is 4.32. The van der Waals surface area contributed by atoms with Gasteiger partial charge in [0.15, 0.2) is 0 Å². The zero-order chi connectivity index (χ0) is 9.68. The van der Waals surface area contributed by atoms with Crippen molar-refractivity contribution in [1.82, 2.24) is 0 Å². The van der Waals surface area contributed by atoms with Crippen LogP contribution in [0.5, 0.6) is 0 Å². The molecule has 0 bridgehead atoms. The summed E-state index contributed by atoms with van der Waals surface area (Å²) in [6, 6.07) is 10.0. The molecule has 13 heavy (non-hydrogen) atoms. The zero-order valence-electron chi connectivity index (χ0n) is 7.86. The molecule has 0 heterocycles. The fraction of sp³-hybridized carbons (Fsp3) is 0.182. The summed E-state index contributed by atoms with van der Waals surface area (Å²) in [5.74, 6) is 0. The van der Waals surface area contributed by atoms with Crippen molar-refractivity contribution in [2.75, 3.05) is 11.9 Å². The van der Waals surface area contributed by atoms with Gasteiger partial charge in [0, 0.05) is 25.0 Å². The van der Waals surface area contributed by atoms with Gasteiger partial charge in [0.2, 0.25) is 0 Å². The quantitative estimate of drug-likeness (QED) is 0.641. The Morgan fingerprint density at radius 2 is 2.08 bits per heavy atom. The fourth-order valence-corrected chi connectivity index (χ4v) is 1.18. The van der Waals surface area contributed by atoms with Gasteiger partial charge in [-0.15, -0.1) is 0 Å². The molecule has 0 N–H and O–H groups in total. The van der Waals surface area contributed by atoms with E-state index in [9.17, 15) is 0 Å². The van der Waals surface area contributed by atoms with Crippen molar-refractivity contribution in [2.24, 2.45) is 0 Å². The Balaban J connectivity index is 2.90. The monoisotopic (exact) mass is 172 g/mol. The first-order valence-electron chi connectivity index (χ1n) is 4.10. The van der Waals surface area contributed by atoms with Gasteiger partial charge in [-0.2, -0.15) is 5.26 Å². The highest BCUT2D eigenvalue weighted by atomic mass is 15.1. The van der Waals surface area contributed by atoms with E-state index in [1.165, 1.54) is 11.6 Å². The first-order valence-corrected chi connectivity index (χ1v) is 4.10. The lowest BCUT2D eigenvalue weighted by atomic mass is 10.2. The lowest BCUT2D eigenvalue weighted by molar-refractivity contribution is 1.18. The highest BCUT2D eigenvalue weighted by Crippen LogP contribution is 2.17. The van der Waals surface area contributed by atoms with Gasteiger partial charge in [0.25, 0.3) is 0 Å². The van der Waals surface area contributed by atoms with E-state index in [1.807, 2.05) is 49.2 Å². The summed E-state index contributed by atoms with van der Waals surface area (Å²) in [5.41, 5.74) is 2.32. The number of nitrogens with zero attached hydrogens (tertiary/aromatic N) is 2. The van der Waals surface area contributed by atoms with E-state index < -0.39 is 0 Å². The highest BCUT2D eigenvalue weighted by Gasteiger charge is 1.98. The normalized spacial score (nSPS) is 9.92. The molecule has 0 unspecified atom stereocenters. The first-order chi connectivity index (χ1) is 6.25. The number of hydrogen-bond donors (Lipinski definition) is 0. The predicted octanol–water partition coefficient (Wildman–Crippen LogP) is 2.47. The van der Waals surface area contributed by atoms with Crippen molar-refractivity contribution in [3.63, 3.8) is 0 Å². The molecular formula is C11H12N2. The molecule has 0 spiro atoms. The molecule has 66 valence electrons. The van der Waals surface area contributed by atoms with E-state index in [1.54, 1.807) is 6.20 Å². The molecule has 0 radical (unpaired) electrons. The molecule has 0 saturated carbocycles. The Morgan fingerprint density at radius 1 is 1.38 bits per heavy atom. The van der Waals surface area contributed by atoms with Gasteiger partial charge in [0.05, 0.1) is 6.07 Å². The summed E-state index contributed by atoms with van der Waals surface area (Å²) < 4.78 is 0. The molecule has 2 nitrogen and oxygen atoms in total. The molecule has 0 fully saturated rings. The van der Waals surface area contributed by atoms with Crippen LogP contribution < -0.4 is 4.90 Å². The van der Waals surface area contributed by atoms with Crippen LogP contribution >= 0.6 is 0 Å². The standard InChI is InChI=1S/C11H12N2/c1-10-6-3-4-7-11(10)13(2)9-5-8-12/h3-7,9H,1-2H3/b9-5+. The maximum Gasteiger partial charge on any atom is 0.0927 e. The third kappa shape index (κ3) is 2.34. The Morgan fingerprint density at radius 3 is 2.69 bits per heavy atom. The molecule has 2 heteroatoms. The molecule has 0 aliphatic carbocycles. The Kier molecular flexibility index (Phi) is 3.10. The van der Waals surface area contributed by atoms with Crippen LogP contribution in [0.2, 0.25) is 0 Å². The third-order valence-electron chi connectivity index (χ3n) is 1.87. The van der Waals surface area contributed by atoms with Crippen molar-refractivity contribution in [1.29, 1.82) is 5.26 Å². The average molecular weight is 172 g/mol. The third-order valence-corrected chi connectivity index (χ3v) is 1.87.